The van der Waals surface area contributed by atoms with Gasteiger partial charge in [0.1, 0.15) is 11.2 Å². The van der Waals surface area contributed by atoms with Crippen molar-refractivity contribution in [2.75, 3.05) is 45.9 Å². The van der Waals surface area contributed by atoms with Gasteiger partial charge in [0.15, 0.2) is 5.69 Å². The molecule has 10 heteroatoms. The molecule has 182 valence electrons. The fraction of sp³-hybridized carbons (Fsp3) is 0.739. The Morgan fingerprint density at radius 3 is 2.67 bits per heavy atom. The first-order valence-electron chi connectivity index (χ1n) is 12.2. The number of carbonyl (C=O) groups excluding carboxylic acids is 3. The van der Waals surface area contributed by atoms with Crippen LogP contribution in [-0.2, 0) is 16.1 Å². The molecular formula is C23H36N6O4. The third kappa shape index (κ3) is 5.06. The number of likely N-dealkylation sites (N-methyl/N-ethyl adjacent to an activating group) is 1. The number of ether oxygens (including phenoxy) is 1. The van der Waals surface area contributed by atoms with Crippen LogP contribution in [-0.4, -0.2) is 94.8 Å². The van der Waals surface area contributed by atoms with Gasteiger partial charge in [0, 0.05) is 38.3 Å². The second kappa shape index (κ2) is 10.2. The van der Waals surface area contributed by atoms with Gasteiger partial charge in [0.2, 0.25) is 5.91 Å². The quantitative estimate of drug-likeness (QED) is 0.551. The Bertz CT molecular complexity index is 874. The topological polar surface area (TPSA) is 109 Å². The van der Waals surface area contributed by atoms with E-state index in [0.717, 1.165) is 65.0 Å². The lowest BCUT2D eigenvalue weighted by Crippen LogP contribution is -2.64. The SMILES string of the molecule is CCN1C(=O)c2cc(C(=O)NCCCN3CCOCC3)nn2C[C@]1(C)C(=O)NC1CCCC1. The Morgan fingerprint density at radius 2 is 1.97 bits per heavy atom. The fourth-order valence-corrected chi connectivity index (χ4v) is 5.08. The van der Waals surface area contributed by atoms with Crippen molar-refractivity contribution in [3.05, 3.63) is 17.5 Å². The molecule has 1 atom stereocenters. The summed E-state index contributed by atoms with van der Waals surface area (Å²) < 4.78 is 6.87. The zero-order valence-corrected chi connectivity index (χ0v) is 19.8. The van der Waals surface area contributed by atoms with Crippen LogP contribution in [0.5, 0.6) is 0 Å². The summed E-state index contributed by atoms with van der Waals surface area (Å²) in [5, 5.41) is 10.4. The molecule has 10 nitrogen and oxygen atoms in total. The molecule has 2 N–H and O–H groups in total. The molecule has 1 aromatic heterocycles. The second-order valence-corrected chi connectivity index (χ2v) is 9.41. The first-order chi connectivity index (χ1) is 15.9. The lowest BCUT2D eigenvalue weighted by atomic mass is 9.94. The summed E-state index contributed by atoms with van der Waals surface area (Å²) in [6.07, 6.45) is 5.02. The minimum Gasteiger partial charge on any atom is -0.379 e. The van der Waals surface area contributed by atoms with Crippen molar-refractivity contribution >= 4 is 17.7 Å². The van der Waals surface area contributed by atoms with Crippen LogP contribution in [0.3, 0.4) is 0 Å². The van der Waals surface area contributed by atoms with Crippen molar-refractivity contribution in [2.24, 2.45) is 0 Å². The molecule has 0 unspecified atom stereocenters. The summed E-state index contributed by atoms with van der Waals surface area (Å²) in [6, 6.07) is 1.71. The highest BCUT2D eigenvalue weighted by Gasteiger charge is 2.48. The van der Waals surface area contributed by atoms with Gasteiger partial charge in [-0.1, -0.05) is 12.8 Å². The highest BCUT2D eigenvalue weighted by molar-refractivity contribution is 6.01. The number of amides is 3. The van der Waals surface area contributed by atoms with E-state index in [1.165, 1.54) is 10.7 Å². The third-order valence-corrected chi connectivity index (χ3v) is 7.07. The maximum atomic E-state index is 13.2. The summed E-state index contributed by atoms with van der Waals surface area (Å²) in [6.45, 7) is 9.08. The number of fused-ring (bicyclic) bond motifs is 1. The lowest BCUT2D eigenvalue weighted by Gasteiger charge is -2.43. The van der Waals surface area contributed by atoms with E-state index in [1.807, 2.05) is 6.92 Å². The van der Waals surface area contributed by atoms with Crippen LogP contribution in [0, 0.1) is 0 Å². The van der Waals surface area contributed by atoms with Gasteiger partial charge in [-0.2, -0.15) is 5.10 Å². The molecule has 2 aliphatic heterocycles. The number of rotatable bonds is 8. The van der Waals surface area contributed by atoms with Crippen LogP contribution in [0.2, 0.25) is 0 Å². The largest absolute Gasteiger partial charge is 0.379 e. The molecule has 3 amide bonds. The van der Waals surface area contributed by atoms with Gasteiger partial charge in [-0.3, -0.25) is 24.0 Å². The smallest absolute Gasteiger partial charge is 0.273 e. The van der Waals surface area contributed by atoms with Crippen LogP contribution in [0.4, 0.5) is 0 Å². The summed E-state index contributed by atoms with van der Waals surface area (Å²) in [7, 11) is 0. The molecule has 0 bridgehead atoms. The molecule has 0 aromatic carbocycles. The maximum absolute atomic E-state index is 13.2. The van der Waals surface area contributed by atoms with Crippen LogP contribution >= 0.6 is 0 Å². The molecule has 1 saturated carbocycles. The van der Waals surface area contributed by atoms with Crippen LogP contribution < -0.4 is 10.6 Å². The lowest BCUT2D eigenvalue weighted by molar-refractivity contribution is -0.133. The van der Waals surface area contributed by atoms with Gasteiger partial charge in [0.05, 0.1) is 19.8 Å². The van der Waals surface area contributed by atoms with Crippen molar-refractivity contribution in [1.29, 1.82) is 0 Å². The minimum absolute atomic E-state index is 0.153. The van der Waals surface area contributed by atoms with E-state index in [0.29, 0.717) is 18.8 Å². The minimum atomic E-state index is -1.04. The number of nitrogens with one attached hydrogen (secondary N) is 2. The van der Waals surface area contributed by atoms with E-state index in [2.05, 4.69) is 20.6 Å². The highest BCUT2D eigenvalue weighted by Crippen LogP contribution is 2.28. The normalized spacial score (nSPS) is 24.1. The third-order valence-electron chi connectivity index (χ3n) is 7.07. The standard InChI is InChI=1S/C23H36N6O4/c1-3-28-21(31)19-15-18(20(30)24-9-6-10-27-11-13-33-14-12-27)26-29(19)16-23(28,2)22(32)25-17-7-4-5-8-17/h15,17H,3-14,16H2,1-2H3,(H,24,30)(H,25,32)/t23-/m1/s1. The Hall–Kier alpha value is -2.46. The van der Waals surface area contributed by atoms with E-state index in [1.54, 1.807) is 11.8 Å². The Morgan fingerprint density at radius 1 is 1.24 bits per heavy atom. The first kappa shape index (κ1) is 23.7. The summed E-state index contributed by atoms with van der Waals surface area (Å²) in [5.74, 6) is -0.724. The van der Waals surface area contributed by atoms with Gasteiger partial charge in [-0.25, -0.2) is 0 Å². The van der Waals surface area contributed by atoms with E-state index < -0.39 is 5.54 Å². The molecule has 3 aliphatic rings. The average molecular weight is 461 g/mol. The summed E-state index contributed by atoms with van der Waals surface area (Å²) in [4.78, 5) is 43.0. The number of hydrogen-bond donors (Lipinski definition) is 2. The van der Waals surface area contributed by atoms with E-state index in [9.17, 15) is 14.4 Å². The number of aromatic nitrogens is 2. The van der Waals surface area contributed by atoms with Crippen LogP contribution in [0.15, 0.2) is 6.07 Å². The maximum Gasteiger partial charge on any atom is 0.273 e. The number of morpholine rings is 1. The molecule has 1 aliphatic carbocycles. The molecular weight excluding hydrogens is 424 g/mol. The Kier molecular flexibility index (Phi) is 7.33. The molecule has 1 saturated heterocycles. The molecule has 1 aromatic rings. The van der Waals surface area contributed by atoms with Crippen molar-refractivity contribution in [3.63, 3.8) is 0 Å². The molecule has 3 heterocycles. The monoisotopic (exact) mass is 460 g/mol. The van der Waals surface area contributed by atoms with Crippen LogP contribution in [0.25, 0.3) is 0 Å². The fourth-order valence-electron chi connectivity index (χ4n) is 5.08. The van der Waals surface area contributed by atoms with Crippen molar-refractivity contribution in [2.45, 2.75) is 64.1 Å². The predicted molar refractivity (Wildman–Crippen MR) is 122 cm³/mol. The first-order valence-corrected chi connectivity index (χ1v) is 12.2. The zero-order valence-electron chi connectivity index (χ0n) is 19.8. The van der Waals surface area contributed by atoms with Gasteiger partial charge in [0.25, 0.3) is 11.8 Å². The second-order valence-electron chi connectivity index (χ2n) is 9.41. The van der Waals surface area contributed by atoms with Gasteiger partial charge in [-0.15, -0.1) is 0 Å². The molecule has 0 radical (unpaired) electrons. The number of nitrogens with zero attached hydrogens (tertiary/aromatic N) is 4. The molecule has 2 fully saturated rings. The van der Waals surface area contributed by atoms with E-state index in [4.69, 9.17) is 4.74 Å². The van der Waals surface area contributed by atoms with E-state index >= 15 is 0 Å². The molecule has 4 rings (SSSR count). The predicted octanol–water partition coefficient (Wildman–Crippen LogP) is 0.628. The van der Waals surface area contributed by atoms with Gasteiger partial charge < -0.3 is 20.3 Å². The van der Waals surface area contributed by atoms with E-state index in [-0.39, 0.29) is 36.0 Å². The number of carbonyl (C=O) groups is 3. The zero-order chi connectivity index (χ0) is 23.4. The van der Waals surface area contributed by atoms with Gasteiger partial charge >= 0.3 is 0 Å². The number of hydrogen-bond acceptors (Lipinski definition) is 6. The van der Waals surface area contributed by atoms with Gasteiger partial charge in [-0.05, 0) is 39.7 Å². The van der Waals surface area contributed by atoms with Crippen molar-refractivity contribution < 1.29 is 19.1 Å². The average Bonchev–Trinajstić information content (AvgIpc) is 3.47. The summed E-state index contributed by atoms with van der Waals surface area (Å²) in [5.41, 5.74) is -0.484. The highest BCUT2D eigenvalue weighted by atomic mass is 16.5. The van der Waals surface area contributed by atoms with Crippen molar-refractivity contribution in [1.82, 2.24) is 30.2 Å². The summed E-state index contributed by atoms with van der Waals surface area (Å²) >= 11 is 0. The van der Waals surface area contributed by atoms with Crippen LogP contribution in [0.1, 0.15) is 66.9 Å². The molecule has 0 spiro atoms. The molecule has 33 heavy (non-hydrogen) atoms. The Balaban J connectivity index is 1.39. The Labute approximate surface area is 195 Å². The van der Waals surface area contributed by atoms with Crippen molar-refractivity contribution in [3.8, 4) is 0 Å².